The highest BCUT2D eigenvalue weighted by Crippen LogP contribution is 2.17. The van der Waals surface area contributed by atoms with E-state index in [2.05, 4.69) is 33.4 Å². The zero-order valence-corrected chi connectivity index (χ0v) is 14.7. The van der Waals surface area contributed by atoms with E-state index in [4.69, 9.17) is 4.74 Å². The number of hydrogen-bond acceptors (Lipinski definition) is 2. The van der Waals surface area contributed by atoms with Crippen molar-refractivity contribution in [3.8, 4) is 5.75 Å². The van der Waals surface area contributed by atoms with E-state index >= 15 is 0 Å². The summed E-state index contributed by atoms with van der Waals surface area (Å²) in [4.78, 5) is 11.7. The minimum atomic E-state index is 0.0934. The lowest BCUT2D eigenvalue weighted by molar-refractivity contribution is -0.121. The molecule has 122 valence electrons. The Labute approximate surface area is 146 Å². The molecule has 0 atom stereocenters. The zero-order valence-electron chi connectivity index (χ0n) is 13.1. The number of carbonyl (C=O) groups is 1. The van der Waals surface area contributed by atoms with E-state index < -0.39 is 0 Å². The number of rotatable bonds is 9. The van der Waals surface area contributed by atoms with Gasteiger partial charge < -0.3 is 10.1 Å². The normalized spacial score (nSPS) is 10.3. The second-order valence-electron chi connectivity index (χ2n) is 5.35. The van der Waals surface area contributed by atoms with Gasteiger partial charge in [0.15, 0.2) is 0 Å². The highest BCUT2D eigenvalue weighted by Gasteiger charge is 2.01. The first-order chi connectivity index (χ1) is 11.2. The summed E-state index contributed by atoms with van der Waals surface area (Å²) in [6.45, 7) is 1.27. The lowest BCUT2D eigenvalue weighted by Gasteiger charge is -2.07. The third-order valence-electron chi connectivity index (χ3n) is 3.42. The van der Waals surface area contributed by atoms with Crippen LogP contribution >= 0.6 is 15.9 Å². The predicted molar refractivity (Wildman–Crippen MR) is 96.6 cm³/mol. The maximum absolute atomic E-state index is 11.7. The summed E-state index contributed by atoms with van der Waals surface area (Å²) >= 11 is 3.40. The average molecular weight is 376 g/mol. The topological polar surface area (TPSA) is 38.3 Å². The largest absolute Gasteiger partial charge is 0.494 e. The van der Waals surface area contributed by atoms with Gasteiger partial charge in [-0.3, -0.25) is 4.79 Å². The van der Waals surface area contributed by atoms with E-state index in [1.807, 2.05) is 42.5 Å². The fraction of sp³-hybridized carbons (Fsp3) is 0.316. The molecular formula is C19H22BrNO2. The number of nitrogens with one attached hydrogen (secondary N) is 1. The summed E-state index contributed by atoms with van der Waals surface area (Å²) in [5, 5.41) is 2.96. The molecule has 0 fully saturated rings. The molecule has 3 nitrogen and oxygen atoms in total. The molecule has 0 spiro atoms. The number of aryl methyl sites for hydroxylation is 1. The summed E-state index contributed by atoms with van der Waals surface area (Å²) in [6.07, 6.45) is 3.17. The van der Waals surface area contributed by atoms with Gasteiger partial charge in [-0.1, -0.05) is 52.3 Å². The molecular weight excluding hydrogens is 354 g/mol. The number of amides is 1. The van der Waals surface area contributed by atoms with Crippen LogP contribution in [-0.4, -0.2) is 19.1 Å². The molecule has 0 bridgehead atoms. The van der Waals surface area contributed by atoms with Crippen LogP contribution in [-0.2, 0) is 11.2 Å². The second kappa shape index (κ2) is 10.1. The highest BCUT2D eigenvalue weighted by molar-refractivity contribution is 9.10. The van der Waals surface area contributed by atoms with E-state index in [0.29, 0.717) is 13.0 Å². The van der Waals surface area contributed by atoms with Crippen molar-refractivity contribution in [3.63, 3.8) is 0 Å². The Morgan fingerprint density at radius 1 is 1.04 bits per heavy atom. The first-order valence-electron chi connectivity index (χ1n) is 7.93. The molecule has 0 unspecified atom stereocenters. The summed E-state index contributed by atoms with van der Waals surface area (Å²) in [6, 6.07) is 18.0. The monoisotopic (exact) mass is 375 g/mol. The molecule has 0 saturated heterocycles. The van der Waals surface area contributed by atoms with Gasteiger partial charge in [-0.05, 0) is 43.0 Å². The third-order valence-corrected chi connectivity index (χ3v) is 3.91. The van der Waals surface area contributed by atoms with E-state index in [1.54, 1.807) is 0 Å². The van der Waals surface area contributed by atoms with Crippen molar-refractivity contribution < 1.29 is 9.53 Å². The Morgan fingerprint density at radius 2 is 1.87 bits per heavy atom. The van der Waals surface area contributed by atoms with Crippen LogP contribution in [0.2, 0.25) is 0 Å². The summed E-state index contributed by atoms with van der Waals surface area (Å²) in [7, 11) is 0. The molecule has 1 amide bonds. The van der Waals surface area contributed by atoms with Gasteiger partial charge in [-0.25, -0.2) is 0 Å². The molecule has 0 aliphatic rings. The molecule has 0 aromatic heterocycles. The van der Waals surface area contributed by atoms with E-state index in [0.717, 1.165) is 36.0 Å². The average Bonchev–Trinajstić information content (AvgIpc) is 2.57. The molecule has 23 heavy (non-hydrogen) atoms. The number of ether oxygens (including phenoxy) is 1. The number of carbonyl (C=O) groups excluding carboxylic acids is 1. The SMILES string of the molecule is O=C(CCCOc1cccc(Br)c1)NCCCc1ccccc1. The Kier molecular flexibility index (Phi) is 7.67. The molecule has 0 saturated carbocycles. The van der Waals surface area contributed by atoms with Crippen LogP contribution in [0.1, 0.15) is 24.8 Å². The molecule has 2 aromatic carbocycles. The van der Waals surface area contributed by atoms with E-state index in [-0.39, 0.29) is 5.91 Å². The highest BCUT2D eigenvalue weighted by atomic mass is 79.9. The van der Waals surface area contributed by atoms with Gasteiger partial charge in [0.25, 0.3) is 0 Å². The molecule has 0 aliphatic heterocycles. The third kappa shape index (κ3) is 7.33. The summed E-state index contributed by atoms with van der Waals surface area (Å²) in [5.74, 6) is 0.915. The molecule has 0 heterocycles. The Balaban J connectivity index is 1.52. The summed E-state index contributed by atoms with van der Waals surface area (Å²) in [5.41, 5.74) is 1.31. The van der Waals surface area contributed by atoms with Crippen molar-refractivity contribution in [3.05, 3.63) is 64.6 Å². The standard InChI is InChI=1S/C19H22BrNO2/c20-17-10-4-11-18(15-17)23-14-6-12-19(22)21-13-5-9-16-7-2-1-3-8-16/h1-4,7-8,10-11,15H,5-6,9,12-14H2,(H,21,22). The van der Waals surface area contributed by atoms with Gasteiger partial charge in [0, 0.05) is 17.4 Å². The molecule has 1 N–H and O–H groups in total. The summed E-state index contributed by atoms with van der Waals surface area (Å²) < 4.78 is 6.60. The van der Waals surface area contributed by atoms with Crippen molar-refractivity contribution in [2.75, 3.05) is 13.2 Å². The van der Waals surface area contributed by atoms with Gasteiger partial charge in [0.1, 0.15) is 5.75 Å². The lowest BCUT2D eigenvalue weighted by atomic mass is 10.1. The fourth-order valence-corrected chi connectivity index (χ4v) is 2.61. The Morgan fingerprint density at radius 3 is 2.65 bits per heavy atom. The second-order valence-corrected chi connectivity index (χ2v) is 6.26. The quantitative estimate of drug-likeness (QED) is 0.661. The number of benzene rings is 2. The van der Waals surface area contributed by atoms with Gasteiger partial charge in [-0.15, -0.1) is 0 Å². The van der Waals surface area contributed by atoms with Crippen LogP contribution in [0.25, 0.3) is 0 Å². The Hall–Kier alpha value is -1.81. The first kappa shape index (κ1) is 17.5. The van der Waals surface area contributed by atoms with Crippen molar-refractivity contribution in [1.82, 2.24) is 5.32 Å². The molecule has 2 rings (SSSR count). The van der Waals surface area contributed by atoms with Gasteiger partial charge in [-0.2, -0.15) is 0 Å². The van der Waals surface area contributed by atoms with Crippen molar-refractivity contribution in [1.29, 1.82) is 0 Å². The zero-order chi connectivity index (χ0) is 16.3. The van der Waals surface area contributed by atoms with Gasteiger partial charge in [0.05, 0.1) is 6.61 Å². The van der Waals surface area contributed by atoms with Crippen LogP contribution in [0, 0.1) is 0 Å². The maximum Gasteiger partial charge on any atom is 0.220 e. The van der Waals surface area contributed by atoms with Crippen LogP contribution in [0.4, 0.5) is 0 Å². The van der Waals surface area contributed by atoms with Crippen molar-refractivity contribution >= 4 is 21.8 Å². The van der Waals surface area contributed by atoms with Crippen LogP contribution in [0.5, 0.6) is 5.75 Å². The van der Waals surface area contributed by atoms with Crippen LogP contribution < -0.4 is 10.1 Å². The van der Waals surface area contributed by atoms with Crippen LogP contribution in [0.15, 0.2) is 59.1 Å². The minimum Gasteiger partial charge on any atom is -0.494 e. The number of hydrogen-bond donors (Lipinski definition) is 1. The fourth-order valence-electron chi connectivity index (χ4n) is 2.23. The molecule has 0 radical (unpaired) electrons. The maximum atomic E-state index is 11.7. The van der Waals surface area contributed by atoms with E-state index in [1.165, 1.54) is 5.56 Å². The van der Waals surface area contributed by atoms with Crippen molar-refractivity contribution in [2.24, 2.45) is 0 Å². The van der Waals surface area contributed by atoms with Crippen LogP contribution in [0.3, 0.4) is 0 Å². The molecule has 2 aromatic rings. The van der Waals surface area contributed by atoms with E-state index in [9.17, 15) is 4.79 Å². The molecule has 0 aliphatic carbocycles. The minimum absolute atomic E-state index is 0.0934. The Bertz CT molecular complexity index is 601. The first-order valence-corrected chi connectivity index (χ1v) is 8.72. The smallest absolute Gasteiger partial charge is 0.220 e. The van der Waals surface area contributed by atoms with Crippen molar-refractivity contribution in [2.45, 2.75) is 25.7 Å². The molecule has 4 heteroatoms. The number of halogens is 1. The predicted octanol–water partition coefficient (Wildman–Crippen LogP) is 4.36. The lowest BCUT2D eigenvalue weighted by Crippen LogP contribution is -2.24. The van der Waals surface area contributed by atoms with Gasteiger partial charge >= 0.3 is 0 Å². The van der Waals surface area contributed by atoms with Gasteiger partial charge in [0.2, 0.25) is 5.91 Å².